The zero-order valence-corrected chi connectivity index (χ0v) is 15.6. The van der Waals surface area contributed by atoms with Crippen molar-refractivity contribution in [2.45, 2.75) is 58.9 Å². The molecule has 2 N–H and O–H groups in total. The number of carboxylic acids is 1. The van der Waals surface area contributed by atoms with Crippen LogP contribution in [0.25, 0.3) is 11.0 Å². The molecule has 1 fully saturated rings. The molecule has 0 saturated heterocycles. The van der Waals surface area contributed by atoms with E-state index in [1.165, 1.54) is 0 Å². The molecule has 0 atom stereocenters. The lowest BCUT2D eigenvalue weighted by atomic mass is 9.74. The molecule has 140 valence electrons. The normalized spacial score (nSPS) is 16.8. The predicted octanol–water partition coefficient (Wildman–Crippen LogP) is 3.09. The standard InChI is InChI=1S/C19H26N4O3/c1-12(2)23-16-15(10-21-23)14(9-13(3)22-16)17(24)20-11-19(18(25)26)7-5-4-6-8-19/h9-10,12H,4-8,11H2,1-3H3,(H,20,24)(H,25,26). The van der Waals surface area contributed by atoms with Crippen LogP contribution in [0.3, 0.4) is 0 Å². The zero-order valence-electron chi connectivity index (χ0n) is 15.6. The Morgan fingerprint density at radius 1 is 1.31 bits per heavy atom. The summed E-state index contributed by atoms with van der Waals surface area (Å²) in [6.45, 7) is 6.02. The minimum atomic E-state index is -0.850. The van der Waals surface area contributed by atoms with Gasteiger partial charge >= 0.3 is 5.97 Å². The van der Waals surface area contributed by atoms with E-state index in [4.69, 9.17) is 0 Å². The van der Waals surface area contributed by atoms with Gasteiger partial charge in [0.2, 0.25) is 0 Å². The van der Waals surface area contributed by atoms with Crippen LogP contribution in [0.5, 0.6) is 0 Å². The average molecular weight is 358 g/mol. The summed E-state index contributed by atoms with van der Waals surface area (Å²) in [5, 5.41) is 17.6. The molecule has 2 aromatic rings. The number of carboxylic acid groups (broad SMARTS) is 1. The van der Waals surface area contributed by atoms with Gasteiger partial charge in [-0.25, -0.2) is 9.67 Å². The molecule has 0 radical (unpaired) electrons. The highest BCUT2D eigenvalue weighted by Gasteiger charge is 2.40. The lowest BCUT2D eigenvalue weighted by Gasteiger charge is -2.33. The van der Waals surface area contributed by atoms with Crippen molar-refractivity contribution < 1.29 is 14.7 Å². The van der Waals surface area contributed by atoms with Crippen LogP contribution in [0.2, 0.25) is 0 Å². The van der Waals surface area contributed by atoms with E-state index in [2.05, 4.69) is 15.4 Å². The van der Waals surface area contributed by atoms with Crippen LogP contribution < -0.4 is 5.32 Å². The summed E-state index contributed by atoms with van der Waals surface area (Å²) in [4.78, 5) is 29.1. The molecular formula is C19H26N4O3. The smallest absolute Gasteiger partial charge is 0.311 e. The molecule has 0 unspecified atom stereocenters. The Balaban J connectivity index is 1.87. The SMILES string of the molecule is Cc1cc(C(=O)NCC2(C(=O)O)CCCCC2)c2cnn(C(C)C)c2n1. The van der Waals surface area contributed by atoms with Crippen LogP contribution >= 0.6 is 0 Å². The summed E-state index contributed by atoms with van der Waals surface area (Å²) in [5.74, 6) is -1.09. The third-order valence-electron chi connectivity index (χ3n) is 5.28. The quantitative estimate of drug-likeness (QED) is 0.856. The number of rotatable bonds is 5. The van der Waals surface area contributed by atoms with Crippen LogP contribution in [0.1, 0.15) is 68.0 Å². The number of nitrogens with zero attached hydrogens (tertiary/aromatic N) is 3. The van der Waals surface area contributed by atoms with E-state index in [-0.39, 0.29) is 18.5 Å². The maximum atomic E-state index is 12.8. The Hall–Kier alpha value is -2.44. The topological polar surface area (TPSA) is 97.1 Å². The molecule has 7 heteroatoms. The Bertz CT molecular complexity index is 835. The average Bonchev–Trinajstić information content (AvgIpc) is 3.03. The second kappa shape index (κ2) is 7.05. The van der Waals surface area contributed by atoms with Gasteiger partial charge in [-0.2, -0.15) is 5.10 Å². The Morgan fingerprint density at radius 2 is 2.00 bits per heavy atom. The number of aliphatic carboxylic acids is 1. The van der Waals surface area contributed by atoms with Crippen molar-refractivity contribution in [1.82, 2.24) is 20.1 Å². The highest BCUT2D eigenvalue weighted by molar-refractivity contribution is 6.05. The first-order valence-electron chi connectivity index (χ1n) is 9.20. The maximum Gasteiger partial charge on any atom is 0.311 e. The van der Waals surface area contributed by atoms with Crippen molar-refractivity contribution in [2.75, 3.05) is 6.54 Å². The van der Waals surface area contributed by atoms with Crippen LogP contribution in [-0.2, 0) is 4.79 Å². The number of hydrogen-bond acceptors (Lipinski definition) is 4. The van der Waals surface area contributed by atoms with E-state index in [1.807, 2.05) is 20.8 Å². The Kier molecular flexibility index (Phi) is 4.98. The fourth-order valence-electron chi connectivity index (χ4n) is 3.75. The van der Waals surface area contributed by atoms with Gasteiger partial charge in [0.25, 0.3) is 5.91 Å². The summed E-state index contributed by atoms with van der Waals surface area (Å²) in [6, 6.07) is 1.87. The monoisotopic (exact) mass is 358 g/mol. The van der Waals surface area contributed by atoms with Crippen molar-refractivity contribution in [2.24, 2.45) is 5.41 Å². The van der Waals surface area contributed by atoms with E-state index < -0.39 is 11.4 Å². The lowest BCUT2D eigenvalue weighted by Crippen LogP contribution is -2.44. The summed E-state index contributed by atoms with van der Waals surface area (Å²) >= 11 is 0. The van der Waals surface area contributed by atoms with Crippen molar-refractivity contribution in [1.29, 1.82) is 0 Å². The molecule has 2 aromatic heterocycles. The van der Waals surface area contributed by atoms with E-state index in [0.717, 1.165) is 25.0 Å². The van der Waals surface area contributed by atoms with Gasteiger partial charge in [-0.05, 0) is 39.7 Å². The first-order valence-corrected chi connectivity index (χ1v) is 9.20. The molecule has 1 aliphatic carbocycles. The number of carbonyl (C=O) groups excluding carboxylic acids is 1. The van der Waals surface area contributed by atoms with Gasteiger partial charge in [0.05, 0.1) is 22.6 Å². The molecule has 0 aromatic carbocycles. The summed E-state index contributed by atoms with van der Waals surface area (Å²) in [5.41, 5.74) is 1.05. The number of fused-ring (bicyclic) bond motifs is 1. The molecular weight excluding hydrogens is 332 g/mol. The molecule has 0 aliphatic heterocycles. The van der Waals surface area contributed by atoms with Gasteiger partial charge in [-0.1, -0.05) is 19.3 Å². The second-order valence-corrected chi connectivity index (χ2v) is 7.56. The van der Waals surface area contributed by atoms with Gasteiger partial charge in [-0.15, -0.1) is 0 Å². The molecule has 7 nitrogen and oxygen atoms in total. The van der Waals surface area contributed by atoms with E-state index in [0.29, 0.717) is 29.4 Å². The summed E-state index contributed by atoms with van der Waals surface area (Å²) in [6.07, 6.45) is 5.72. The van der Waals surface area contributed by atoms with Gasteiger partial charge in [0.15, 0.2) is 5.65 Å². The zero-order chi connectivity index (χ0) is 18.9. The fourth-order valence-corrected chi connectivity index (χ4v) is 3.75. The first kappa shape index (κ1) is 18.4. The van der Waals surface area contributed by atoms with Gasteiger partial charge in [0.1, 0.15) is 0 Å². The second-order valence-electron chi connectivity index (χ2n) is 7.56. The molecule has 1 aliphatic rings. The van der Waals surface area contributed by atoms with E-state index >= 15 is 0 Å². The molecule has 3 rings (SSSR count). The van der Waals surface area contributed by atoms with Gasteiger partial charge < -0.3 is 10.4 Å². The third-order valence-corrected chi connectivity index (χ3v) is 5.28. The highest BCUT2D eigenvalue weighted by Crippen LogP contribution is 2.36. The minimum Gasteiger partial charge on any atom is -0.481 e. The van der Waals surface area contributed by atoms with Crippen molar-refractivity contribution in [3.05, 3.63) is 23.5 Å². The fraction of sp³-hybridized carbons (Fsp3) is 0.579. The number of nitrogens with one attached hydrogen (secondary N) is 1. The highest BCUT2D eigenvalue weighted by atomic mass is 16.4. The van der Waals surface area contributed by atoms with Gasteiger partial charge in [-0.3, -0.25) is 9.59 Å². The van der Waals surface area contributed by atoms with Crippen LogP contribution in [0.4, 0.5) is 0 Å². The summed E-state index contributed by atoms with van der Waals surface area (Å²) in [7, 11) is 0. The molecule has 0 bridgehead atoms. The third kappa shape index (κ3) is 3.30. The number of aromatic nitrogens is 3. The predicted molar refractivity (Wildman–Crippen MR) is 98.1 cm³/mol. The number of pyridine rings is 1. The van der Waals surface area contributed by atoms with Gasteiger partial charge in [0, 0.05) is 18.3 Å². The minimum absolute atomic E-state index is 0.134. The Labute approximate surface area is 152 Å². The number of aryl methyl sites for hydroxylation is 1. The summed E-state index contributed by atoms with van der Waals surface area (Å²) < 4.78 is 1.79. The lowest BCUT2D eigenvalue weighted by molar-refractivity contribution is -0.150. The van der Waals surface area contributed by atoms with Crippen LogP contribution in [0.15, 0.2) is 12.3 Å². The maximum absolute atomic E-state index is 12.8. The van der Waals surface area contributed by atoms with Crippen molar-refractivity contribution in [3.8, 4) is 0 Å². The molecule has 1 amide bonds. The van der Waals surface area contributed by atoms with E-state index in [1.54, 1.807) is 16.9 Å². The van der Waals surface area contributed by atoms with Crippen LogP contribution in [-0.4, -0.2) is 38.3 Å². The van der Waals surface area contributed by atoms with Crippen molar-refractivity contribution in [3.63, 3.8) is 0 Å². The molecule has 1 saturated carbocycles. The number of amides is 1. The number of hydrogen-bond donors (Lipinski definition) is 2. The van der Waals surface area contributed by atoms with Crippen LogP contribution in [0, 0.1) is 12.3 Å². The van der Waals surface area contributed by atoms with Crippen molar-refractivity contribution >= 4 is 22.9 Å². The molecule has 2 heterocycles. The molecule has 26 heavy (non-hydrogen) atoms. The first-order chi connectivity index (χ1) is 12.3. The largest absolute Gasteiger partial charge is 0.481 e. The van der Waals surface area contributed by atoms with E-state index in [9.17, 15) is 14.7 Å². The molecule has 0 spiro atoms. The Morgan fingerprint density at radius 3 is 2.62 bits per heavy atom. The number of carbonyl (C=O) groups is 2.